The summed E-state index contributed by atoms with van der Waals surface area (Å²) in [7, 11) is 1.31. The number of aliphatic hydroxyl groups excluding tert-OH is 1. The molecule has 0 bridgehead atoms. The average molecular weight is 298 g/mol. The zero-order valence-corrected chi connectivity index (χ0v) is 12.1. The van der Waals surface area contributed by atoms with Crippen LogP contribution in [0.15, 0.2) is 11.4 Å². The second-order valence-electron chi connectivity index (χ2n) is 4.73. The van der Waals surface area contributed by atoms with Gasteiger partial charge >= 0.3 is 5.97 Å². The van der Waals surface area contributed by atoms with E-state index in [0.717, 1.165) is 19.4 Å². The zero-order chi connectivity index (χ0) is 14.5. The fraction of sp³-hybridized carbons (Fsp3) is 0.538. The summed E-state index contributed by atoms with van der Waals surface area (Å²) < 4.78 is 4.66. The molecule has 0 aliphatic carbocycles. The minimum Gasteiger partial charge on any atom is -0.465 e. The summed E-state index contributed by atoms with van der Waals surface area (Å²) in [5, 5.41) is 14.0. The van der Waals surface area contributed by atoms with E-state index in [1.807, 2.05) is 4.90 Å². The van der Waals surface area contributed by atoms with Crippen molar-refractivity contribution in [2.24, 2.45) is 0 Å². The number of aliphatic hydroxyl groups is 1. The lowest BCUT2D eigenvalue weighted by molar-refractivity contribution is -0.118. The Bertz CT molecular complexity index is 488. The standard InChI is InChI=1S/C13H18N2O4S/c1-19-13(18)12-10(4-6-20-12)14-11(17)8-15-5-2-3-9(16)7-15/h4,6,9,16H,2-3,5,7-8H2,1H3,(H,14,17). The largest absolute Gasteiger partial charge is 0.465 e. The first-order valence-electron chi connectivity index (χ1n) is 6.46. The molecule has 110 valence electrons. The Kier molecular flexibility index (Phi) is 5.11. The van der Waals surface area contributed by atoms with Gasteiger partial charge in [-0.3, -0.25) is 9.69 Å². The molecule has 1 atom stereocenters. The minimum atomic E-state index is -0.455. The van der Waals surface area contributed by atoms with Crippen LogP contribution in [0.2, 0.25) is 0 Å². The Balaban J connectivity index is 1.91. The lowest BCUT2D eigenvalue weighted by Gasteiger charge is -2.29. The number of nitrogens with one attached hydrogen (secondary N) is 1. The number of amides is 1. The van der Waals surface area contributed by atoms with E-state index in [4.69, 9.17) is 0 Å². The molecular formula is C13H18N2O4S. The molecule has 1 aliphatic rings. The molecule has 1 unspecified atom stereocenters. The van der Waals surface area contributed by atoms with Crippen molar-refractivity contribution in [1.82, 2.24) is 4.90 Å². The molecule has 0 aromatic carbocycles. The number of piperidine rings is 1. The number of likely N-dealkylation sites (tertiary alicyclic amines) is 1. The summed E-state index contributed by atoms with van der Waals surface area (Å²) in [6, 6.07) is 1.68. The molecule has 2 heterocycles. The summed E-state index contributed by atoms with van der Waals surface area (Å²) in [5.74, 6) is -0.647. The van der Waals surface area contributed by atoms with Crippen LogP contribution in [0.3, 0.4) is 0 Å². The van der Waals surface area contributed by atoms with Crippen molar-refractivity contribution in [3.63, 3.8) is 0 Å². The molecule has 0 radical (unpaired) electrons. The van der Waals surface area contributed by atoms with Gasteiger partial charge in [0.15, 0.2) is 0 Å². The van der Waals surface area contributed by atoms with Gasteiger partial charge in [-0.05, 0) is 30.8 Å². The second kappa shape index (κ2) is 6.83. The van der Waals surface area contributed by atoms with Crippen molar-refractivity contribution >= 4 is 28.9 Å². The fourth-order valence-corrected chi connectivity index (χ4v) is 2.99. The maximum Gasteiger partial charge on any atom is 0.350 e. The van der Waals surface area contributed by atoms with E-state index in [1.165, 1.54) is 18.4 Å². The molecule has 1 aromatic rings. The van der Waals surface area contributed by atoms with Crippen LogP contribution in [-0.2, 0) is 9.53 Å². The van der Waals surface area contributed by atoms with Crippen molar-refractivity contribution in [2.45, 2.75) is 18.9 Å². The summed E-state index contributed by atoms with van der Waals surface area (Å²) in [6.07, 6.45) is 1.32. The minimum absolute atomic E-state index is 0.192. The molecule has 1 aliphatic heterocycles. The van der Waals surface area contributed by atoms with E-state index in [9.17, 15) is 14.7 Å². The normalized spacial score (nSPS) is 19.6. The van der Waals surface area contributed by atoms with Crippen LogP contribution in [0.1, 0.15) is 22.5 Å². The number of β-amino-alcohol motifs (C(OH)–C–C–N with tert-alkyl or cyclic N) is 1. The highest BCUT2D eigenvalue weighted by Crippen LogP contribution is 2.23. The first-order chi connectivity index (χ1) is 9.60. The molecule has 0 spiro atoms. The van der Waals surface area contributed by atoms with Crippen LogP contribution in [0.5, 0.6) is 0 Å². The Hall–Kier alpha value is -1.44. The Morgan fingerprint density at radius 1 is 1.60 bits per heavy atom. The first kappa shape index (κ1) is 15.0. The summed E-state index contributed by atoms with van der Waals surface area (Å²) in [6.45, 7) is 1.53. The molecule has 20 heavy (non-hydrogen) atoms. The number of esters is 1. The number of ether oxygens (including phenoxy) is 1. The predicted octanol–water partition coefficient (Wildman–Crippen LogP) is 0.930. The monoisotopic (exact) mass is 298 g/mol. The molecule has 7 heteroatoms. The van der Waals surface area contributed by atoms with E-state index >= 15 is 0 Å². The Morgan fingerprint density at radius 3 is 3.10 bits per heavy atom. The van der Waals surface area contributed by atoms with Crippen LogP contribution in [0, 0.1) is 0 Å². The number of rotatable bonds is 4. The first-order valence-corrected chi connectivity index (χ1v) is 7.34. The van der Waals surface area contributed by atoms with E-state index < -0.39 is 5.97 Å². The zero-order valence-electron chi connectivity index (χ0n) is 11.3. The number of nitrogens with zero attached hydrogens (tertiary/aromatic N) is 1. The van der Waals surface area contributed by atoms with Crippen LogP contribution in [0.4, 0.5) is 5.69 Å². The molecule has 2 N–H and O–H groups in total. The van der Waals surface area contributed by atoms with E-state index in [2.05, 4.69) is 10.1 Å². The number of hydrogen-bond donors (Lipinski definition) is 2. The van der Waals surface area contributed by atoms with Crippen molar-refractivity contribution in [2.75, 3.05) is 32.1 Å². The van der Waals surface area contributed by atoms with Gasteiger partial charge in [-0.2, -0.15) is 0 Å². The van der Waals surface area contributed by atoms with Gasteiger partial charge in [-0.25, -0.2) is 4.79 Å². The summed E-state index contributed by atoms with van der Waals surface area (Å²) >= 11 is 1.23. The van der Waals surface area contributed by atoms with E-state index in [0.29, 0.717) is 17.1 Å². The molecule has 1 saturated heterocycles. The van der Waals surface area contributed by atoms with Crippen LogP contribution in [-0.4, -0.2) is 54.7 Å². The topological polar surface area (TPSA) is 78.9 Å². The lowest BCUT2D eigenvalue weighted by atomic mass is 10.1. The van der Waals surface area contributed by atoms with Gasteiger partial charge in [0, 0.05) is 6.54 Å². The highest BCUT2D eigenvalue weighted by atomic mass is 32.1. The summed E-state index contributed by atoms with van der Waals surface area (Å²) in [5.41, 5.74) is 0.476. The number of hydrogen-bond acceptors (Lipinski definition) is 6. The molecule has 6 nitrogen and oxygen atoms in total. The van der Waals surface area contributed by atoms with Gasteiger partial charge in [-0.15, -0.1) is 11.3 Å². The van der Waals surface area contributed by atoms with Crippen LogP contribution in [0.25, 0.3) is 0 Å². The van der Waals surface area contributed by atoms with E-state index in [1.54, 1.807) is 11.4 Å². The average Bonchev–Trinajstić information content (AvgIpc) is 2.85. The number of carbonyl (C=O) groups excluding carboxylic acids is 2. The van der Waals surface area contributed by atoms with Crippen molar-refractivity contribution in [1.29, 1.82) is 0 Å². The molecule has 1 amide bonds. The third-order valence-electron chi connectivity index (χ3n) is 3.16. The van der Waals surface area contributed by atoms with Gasteiger partial charge in [-0.1, -0.05) is 0 Å². The number of carbonyl (C=O) groups is 2. The highest BCUT2D eigenvalue weighted by molar-refractivity contribution is 7.12. The van der Waals surface area contributed by atoms with Crippen molar-refractivity contribution in [3.8, 4) is 0 Å². The molecule has 1 aromatic heterocycles. The third kappa shape index (κ3) is 3.78. The highest BCUT2D eigenvalue weighted by Gasteiger charge is 2.21. The number of anilines is 1. The van der Waals surface area contributed by atoms with Gasteiger partial charge in [0.05, 0.1) is 25.4 Å². The summed E-state index contributed by atoms with van der Waals surface area (Å²) in [4.78, 5) is 25.8. The SMILES string of the molecule is COC(=O)c1sccc1NC(=O)CN1CCCC(O)C1. The Morgan fingerprint density at radius 2 is 2.40 bits per heavy atom. The smallest absolute Gasteiger partial charge is 0.350 e. The number of thiophene rings is 1. The van der Waals surface area contributed by atoms with Gasteiger partial charge in [0.2, 0.25) is 5.91 Å². The van der Waals surface area contributed by atoms with E-state index in [-0.39, 0.29) is 18.6 Å². The molecule has 0 saturated carbocycles. The molecule has 2 rings (SSSR count). The van der Waals surface area contributed by atoms with Crippen molar-refractivity contribution in [3.05, 3.63) is 16.3 Å². The Labute approximate surface area is 121 Å². The maximum absolute atomic E-state index is 12.0. The predicted molar refractivity (Wildman–Crippen MR) is 76.0 cm³/mol. The molecule has 1 fully saturated rings. The lowest BCUT2D eigenvalue weighted by Crippen LogP contribution is -2.42. The van der Waals surface area contributed by atoms with Gasteiger partial charge in [0.25, 0.3) is 0 Å². The van der Waals surface area contributed by atoms with Crippen LogP contribution < -0.4 is 5.32 Å². The van der Waals surface area contributed by atoms with Crippen LogP contribution >= 0.6 is 11.3 Å². The fourth-order valence-electron chi connectivity index (χ4n) is 2.23. The number of methoxy groups -OCH3 is 1. The van der Waals surface area contributed by atoms with Gasteiger partial charge in [0.1, 0.15) is 4.88 Å². The second-order valence-corrected chi connectivity index (χ2v) is 5.65. The maximum atomic E-state index is 12.0. The van der Waals surface area contributed by atoms with Gasteiger partial charge < -0.3 is 15.2 Å². The quantitative estimate of drug-likeness (QED) is 0.809. The third-order valence-corrected chi connectivity index (χ3v) is 4.05. The molecular weight excluding hydrogens is 280 g/mol. The van der Waals surface area contributed by atoms with Crippen molar-refractivity contribution < 1.29 is 19.4 Å².